The second kappa shape index (κ2) is 5.54. The van der Waals surface area contributed by atoms with Gasteiger partial charge >= 0.3 is 0 Å². The van der Waals surface area contributed by atoms with E-state index in [0.717, 1.165) is 6.08 Å². The summed E-state index contributed by atoms with van der Waals surface area (Å²) in [4.78, 5) is 22.2. The number of aliphatic hydroxyl groups is 1. The summed E-state index contributed by atoms with van der Waals surface area (Å²) >= 11 is 0. The minimum absolute atomic E-state index is 0.139. The Morgan fingerprint density at radius 2 is 1.53 bits per heavy atom. The summed E-state index contributed by atoms with van der Waals surface area (Å²) < 4.78 is 9.56. The third-order valence-corrected chi connectivity index (χ3v) is 1.94. The molecule has 0 saturated heterocycles. The number of allylic oxidation sites excluding steroid dienone is 1. The molecule has 0 aliphatic heterocycles. The Bertz CT molecular complexity index is 513. The van der Waals surface area contributed by atoms with Gasteiger partial charge < -0.3 is 5.11 Å². The molecule has 0 atom stereocenters. The molecule has 4 nitrogen and oxygen atoms in total. The fourth-order valence-electron chi connectivity index (χ4n) is 1.30. The van der Waals surface area contributed by atoms with Gasteiger partial charge in [0.25, 0.3) is 0 Å². The van der Waals surface area contributed by atoms with Gasteiger partial charge in [-0.1, -0.05) is 24.3 Å². The van der Waals surface area contributed by atoms with E-state index in [1.54, 1.807) is 30.7 Å². The second-order valence-corrected chi connectivity index (χ2v) is 4.99. The molecular formula is C12H12O4S. The largest absolute Gasteiger partial charge is 0.507 e. The monoisotopic (exact) mass is 252 g/mol. The van der Waals surface area contributed by atoms with E-state index >= 15 is 0 Å². The van der Waals surface area contributed by atoms with Crippen LogP contribution >= 0.6 is 0 Å². The van der Waals surface area contributed by atoms with Crippen LogP contribution in [-0.4, -0.2) is 33.4 Å². The van der Waals surface area contributed by atoms with Crippen LogP contribution in [0.5, 0.6) is 0 Å². The number of ketones is 2. The normalized spacial score (nSPS) is 13.7. The highest BCUT2D eigenvalue weighted by Gasteiger charge is 2.24. The van der Waals surface area contributed by atoms with Crippen molar-refractivity contribution < 1.29 is 18.9 Å². The van der Waals surface area contributed by atoms with Crippen molar-refractivity contribution >= 4 is 28.1 Å². The maximum atomic E-state index is 11.3. The molecule has 0 amide bonds. The molecule has 17 heavy (non-hydrogen) atoms. The van der Waals surface area contributed by atoms with Gasteiger partial charge in [-0.2, -0.15) is 0 Å². The Morgan fingerprint density at radius 3 is 2.06 bits per heavy atom. The fraction of sp³-hybridized carbons (Fsp3) is 0.167. The highest BCUT2D eigenvalue weighted by atomic mass is 32.2. The van der Waals surface area contributed by atoms with E-state index in [9.17, 15) is 18.9 Å². The van der Waals surface area contributed by atoms with Crippen LogP contribution in [0.2, 0.25) is 0 Å². The smallest absolute Gasteiger partial charge is 0.233 e. The fourth-order valence-corrected chi connectivity index (χ4v) is 1.30. The lowest BCUT2D eigenvalue weighted by molar-refractivity contribution is -0.111. The summed E-state index contributed by atoms with van der Waals surface area (Å²) in [7, 11) is -0.611. The van der Waals surface area contributed by atoms with Gasteiger partial charge in [0, 0.05) is 40.5 Å². The molecule has 1 aromatic rings. The van der Waals surface area contributed by atoms with E-state index in [1.807, 2.05) is 0 Å². The Balaban J connectivity index is 0.000000317. The predicted octanol–water partition coefficient (Wildman–Crippen LogP) is 1.35. The zero-order chi connectivity index (χ0) is 13.0. The van der Waals surface area contributed by atoms with Gasteiger partial charge in [0.1, 0.15) is 5.76 Å². The minimum atomic E-state index is -0.670. The number of hydrogen-bond donors (Lipinski definition) is 1. The van der Waals surface area contributed by atoms with E-state index in [4.69, 9.17) is 0 Å². The number of carbonyl (C=O) groups is 2. The third-order valence-electron chi connectivity index (χ3n) is 1.94. The molecule has 1 N–H and O–H groups in total. The molecule has 0 aromatic heterocycles. The molecule has 1 aliphatic carbocycles. The molecule has 0 radical (unpaired) electrons. The minimum Gasteiger partial charge on any atom is -0.507 e. The van der Waals surface area contributed by atoms with Crippen molar-refractivity contribution in [2.45, 2.75) is 0 Å². The molecule has 0 bridgehead atoms. The number of hydrogen-bond acceptors (Lipinski definition) is 4. The highest BCUT2D eigenvalue weighted by molar-refractivity contribution is 7.83. The summed E-state index contributed by atoms with van der Waals surface area (Å²) in [5, 5.41) is 9.34. The Labute approximate surface area is 101 Å². The first-order chi connectivity index (χ1) is 7.93. The molecule has 0 heterocycles. The number of fused-ring (bicyclic) bond motifs is 1. The first-order valence-electron chi connectivity index (χ1n) is 4.77. The Morgan fingerprint density at radius 1 is 1.06 bits per heavy atom. The average Bonchev–Trinajstić information content (AvgIpc) is 2.25. The number of aliphatic hydroxyl groups excluding tert-OH is 1. The molecule has 1 aliphatic rings. The lowest BCUT2D eigenvalue weighted by atomic mass is 9.94. The number of Topliss-reactive ketones (excluding diaryl/α,β-unsaturated/α-hetero) is 1. The maximum Gasteiger partial charge on any atom is 0.233 e. The van der Waals surface area contributed by atoms with E-state index in [1.165, 1.54) is 6.07 Å². The van der Waals surface area contributed by atoms with Gasteiger partial charge in [-0.25, -0.2) is 0 Å². The van der Waals surface area contributed by atoms with Crippen molar-refractivity contribution in [2.75, 3.05) is 12.5 Å². The molecule has 90 valence electrons. The van der Waals surface area contributed by atoms with Crippen molar-refractivity contribution in [3.63, 3.8) is 0 Å². The Kier molecular flexibility index (Phi) is 4.34. The van der Waals surface area contributed by atoms with Crippen molar-refractivity contribution in [3.8, 4) is 0 Å². The third kappa shape index (κ3) is 3.35. The lowest BCUT2D eigenvalue weighted by Crippen LogP contribution is -2.18. The van der Waals surface area contributed by atoms with Gasteiger partial charge in [-0.3, -0.25) is 13.8 Å². The standard InChI is InChI=1S/C10H6O3.C2H6OS/c11-8-5-9(12)10(13)7-4-2-1-3-6(7)8;1-4(2)3/h1-5,11H;1-2H3. The van der Waals surface area contributed by atoms with Crippen molar-refractivity contribution in [1.82, 2.24) is 0 Å². The van der Waals surface area contributed by atoms with Crippen LogP contribution < -0.4 is 0 Å². The quantitative estimate of drug-likeness (QED) is 0.707. The van der Waals surface area contributed by atoms with Crippen LogP contribution in [0.3, 0.4) is 0 Å². The molecule has 0 fully saturated rings. The molecular weight excluding hydrogens is 240 g/mol. The molecule has 0 unspecified atom stereocenters. The summed E-state index contributed by atoms with van der Waals surface area (Å²) in [6, 6.07) is 6.48. The van der Waals surface area contributed by atoms with Crippen molar-refractivity contribution in [1.29, 1.82) is 0 Å². The first-order valence-corrected chi connectivity index (χ1v) is 6.74. The van der Waals surface area contributed by atoms with E-state index in [0.29, 0.717) is 5.56 Å². The van der Waals surface area contributed by atoms with Gasteiger partial charge in [0.05, 0.1) is 0 Å². The van der Waals surface area contributed by atoms with Crippen molar-refractivity contribution in [3.05, 3.63) is 41.5 Å². The topological polar surface area (TPSA) is 71.4 Å². The number of rotatable bonds is 0. The maximum absolute atomic E-state index is 11.3. The van der Waals surface area contributed by atoms with E-state index < -0.39 is 22.4 Å². The highest BCUT2D eigenvalue weighted by Crippen LogP contribution is 2.22. The number of carbonyl (C=O) groups excluding carboxylic acids is 2. The summed E-state index contributed by atoms with van der Waals surface area (Å²) in [5.74, 6) is -1.37. The molecule has 5 heteroatoms. The zero-order valence-corrected chi connectivity index (χ0v) is 10.3. The number of benzene rings is 1. The van der Waals surface area contributed by atoms with Crippen LogP contribution in [-0.2, 0) is 15.6 Å². The van der Waals surface area contributed by atoms with Crippen LogP contribution in [0.4, 0.5) is 0 Å². The SMILES string of the molecule is CS(C)=O.O=C1C=C(O)c2ccccc2C1=O. The first kappa shape index (κ1) is 13.3. The van der Waals surface area contributed by atoms with Gasteiger partial charge in [0.2, 0.25) is 11.6 Å². The lowest BCUT2D eigenvalue weighted by Gasteiger charge is -2.10. The molecule has 0 spiro atoms. The Hall–Kier alpha value is -1.75. The van der Waals surface area contributed by atoms with E-state index in [-0.39, 0.29) is 11.3 Å². The van der Waals surface area contributed by atoms with Crippen molar-refractivity contribution in [2.24, 2.45) is 0 Å². The van der Waals surface area contributed by atoms with Crippen LogP contribution in [0.15, 0.2) is 30.3 Å². The van der Waals surface area contributed by atoms with E-state index in [2.05, 4.69) is 0 Å². The molecule has 1 aromatic carbocycles. The summed E-state index contributed by atoms with van der Waals surface area (Å²) in [6.07, 6.45) is 4.23. The average molecular weight is 252 g/mol. The van der Waals surface area contributed by atoms with Crippen LogP contribution in [0.1, 0.15) is 15.9 Å². The van der Waals surface area contributed by atoms with Crippen LogP contribution in [0.25, 0.3) is 5.76 Å². The zero-order valence-electron chi connectivity index (χ0n) is 9.47. The summed E-state index contributed by atoms with van der Waals surface area (Å²) in [5.41, 5.74) is 0.694. The molecule has 2 rings (SSSR count). The summed E-state index contributed by atoms with van der Waals surface area (Å²) in [6.45, 7) is 0. The van der Waals surface area contributed by atoms with Gasteiger partial charge in [-0.05, 0) is 0 Å². The second-order valence-electron chi connectivity index (χ2n) is 3.51. The van der Waals surface area contributed by atoms with Crippen LogP contribution in [0, 0.1) is 0 Å². The molecule has 0 saturated carbocycles. The van der Waals surface area contributed by atoms with Gasteiger partial charge in [-0.15, -0.1) is 0 Å². The predicted molar refractivity (Wildman–Crippen MR) is 66.4 cm³/mol. The van der Waals surface area contributed by atoms with Gasteiger partial charge in [0.15, 0.2) is 0 Å².